The van der Waals surface area contributed by atoms with Crippen LogP contribution in [0.1, 0.15) is 38.8 Å². The lowest BCUT2D eigenvalue weighted by molar-refractivity contribution is -0.140. The molecule has 0 heterocycles. The van der Waals surface area contributed by atoms with Gasteiger partial charge in [-0.05, 0) is 76.6 Å². The lowest BCUT2D eigenvalue weighted by Crippen LogP contribution is -2.54. The molecule has 0 aliphatic carbocycles. The van der Waals surface area contributed by atoms with Gasteiger partial charge in [-0.1, -0.05) is 35.9 Å². The van der Waals surface area contributed by atoms with E-state index in [0.29, 0.717) is 11.5 Å². The summed E-state index contributed by atoms with van der Waals surface area (Å²) >= 11 is 0. The summed E-state index contributed by atoms with van der Waals surface area (Å²) in [7, 11) is -1.13. The van der Waals surface area contributed by atoms with Crippen LogP contribution in [0.15, 0.2) is 77.7 Å². The number of ether oxygens (including phenoxy) is 2. The monoisotopic (exact) mass is 581 g/mol. The second-order valence-corrected chi connectivity index (χ2v) is 12.7. The highest BCUT2D eigenvalue weighted by Crippen LogP contribution is 2.28. The highest BCUT2D eigenvalue weighted by Gasteiger charge is 2.33. The number of carbonyl (C=O) groups excluding carboxylic acids is 2. The molecule has 0 fully saturated rings. The Balaban J connectivity index is 2.05. The number of hydrogen-bond donors (Lipinski definition) is 1. The second kappa shape index (κ2) is 13.1. The number of amides is 2. The third-order valence-electron chi connectivity index (χ3n) is 6.41. The van der Waals surface area contributed by atoms with Crippen LogP contribution in [0.3, 0.4) is 0 Å². The Morgan fingerprint density at radius 3 is 2.07 bits per heavy atom. The maximum Gasteiger partial charge on any atom is 0.264 e. The molecule has 0 saturated heterocycles. The average Bonchev–Trinajstić information content (AvgIpc) is 2.93. The molecule has 0 aliphatic heterocycles. The Hall–Kier alpha value is -4.05. The van der Waals surface area contributed by atoms with Gasteiger partial charge in [0.1, 0.15) is 24.1 Å². The summed E-state index contributed by atoms with van der Waals surface area (Å²) in [5.74, 6) is 0.190. The van der Waals surface area contributed by atoms with Gasteiger partial charge in [0.05, 0.1) is 24.8 Å². The van der Waals surface area contributed by atoms with Crippen LogP contribution in [0.2, 0.25) is 0 Å². The molecule has 0 bridgehead atoms. The largest absolute Gasteiger partial charge is 0.497 e. The van der Waals surface area contributed by atoms with Crippen LogP contribution in [0.4, 0.5) is 5.69 Å². The van der Waals surface area contributed by atoms with Crippen molar-refractivity contribution in [2.24, 2.45) is 0 Å². The molecule has 3 rings (SSSR count). The number of hydrogen-bond acceptors (Lipinski definition) is 6. The number of carbonyl (C=O) groups is 2. The zero-order chi connectivity index (χ0) is 30.4. The molecular formula is C31H39N3O6S. The van der Waals surface area contributed by atoms with Crippen molar-refractivity contribution in [2.45, 2.75) is 57.6 Å². The Kier molecular flexibility index (Phi) is 10.0. The first-order chi connectivity index (χ1) is 19.2. The summed E-state index contributed by atoms with van der Waals surface area (Å²) < 4.78 is 39.5. The number of methoxy groups -OCH3 is 2. The van der Waals surface area contributed by atoms with E-state index >= 15 is 0 Å². The van der Waals surface area contributed by atoms with Crippen LogP contribution in [-0.2, 0) is 26.2 Å². The van der Waals surface area contributed by atoms with E-state index in [-0.39, 0.29) is 23.0 Å². The van der Waals surface area contributed by atoms with E-state index in [2.05, 4.69) is 5.32 Å². The molecule has 41 heavy (non-hydrogen) atoms. The fraction of sp³-hybridized carbons (Fsp3) is 0.355. The molecular weight excluding hydrogens is 542 g/mol. The molecule has 9 nitrogen and oxygen atoms in total. The smallest absolute Gasteiger partial charge is 0.264 e. The minimum atomic E-state index is -4.17. The Morgan fingerprint density at radius 1 is 0.902 bits per heavy atom. The summed E-state index contributed by atoms with van der Waals surface area (Å²) in [4.78, 5) is 28.7. The Labute approximate surface area is 243 Å². The molecule has 1 atom stereocenters. The molecule has 3 aromatic carbocycles. The predicted molar refractivity (Wildman–Crippen MR) is 160 cm³/mol. The number of rotatable bonds is 11. The minimum absolute atomic E-state index is 0.0407. The molecule has 10 heteroatoms. The summed E-state index contributed by atoms with van der Waals surface area (Å²) in [6.45, 7) is 8.60. The quantitative estimate of drug-likeness (QED) is 0.357. The molecule has 0 saturated carbocycles. The van der Waals surface area contributed by atoms with Crippen molar-refractivity contribution in [2.75, 3.05) is 25.1 Å². The highest BCUT2D eigenvalue weighted by atomic mass is 32.2. The van der Waals surface area contributed by atoms with E-state index in [4.69, 9.17) is 9.47 Å². The van der Waals surface area contributed by atoms with E-state index in [9.17, 15) is 18.0 Å². The van der Waals surface area contributed by atoms with E-state index < -0.39 is 34.1 Å². The number of sulfonamides is 1. The van der Waals surface area contributed by atoms with Gasteiger partial charge in [-0.25, -0.2) is 8.42 Å². The van der Waals surface area contributed by atoms with Gasteiger partial charge in [-0.15, -0.1) is 0 Å². The fourth-order valence-electron chi connectivity index (χ4n) is 4.12. The second-order valence-electron chi connectivity index (χ2n) is 10.8. The predicted octanol–water partition coefficient (Wildman–Crippen LogP) is 4.54. The van der Waals surface area contributed by atoms with Gasteiger partial charge in [0.15, 0.2) is 0 Å². The highest BCUT2D eigenvalue weighted by molar-refractivity contribution is 7.92. The van der Waals surface area contributed by atoms with Crippen molar-refractivity contribution in [3.05, 3.63) is 83.9 Å². The van der Waals surface area contributed by atoms with Crippen LogP contribution in [0.5, 0.6) is 11.5 Å². The molecule has 2 amide bonds. The number of anilines is 1. The van der Waals surface area contributed by atoms with Crippen LogP contribution < -0.4 is 19.1 Å². The van der Waals surface area contributed by atoms with Gasteiger partial charge in [0.25, 0.3) is 10.0 Å². The van der Waals surface area contributed by atoms with Gasteiger partial charge in [-0.3, -0.25) is 13.9 Å². The van der Waals surface area contributed by atoms with Crippen molar-refractivity contribution in [3.8, 4) is 11.5 Å². The van der Waals surface area contributed by atoms with Gasteiger partial charge >= 0.3 is 0 Å². The van der Waals surface area contributed by atoms with Crippen LogP contribution in [0.25, 0.3) is 0 Å². The van der Waals surface area contributed by atoms with Crippen molar-refractivity contribution in [1.82, 2.24) is 10.2 Å². The van der Waals surface area contributed by atoms with Gasteiger partial charge < -0.3 is 19.7 Å². The maximum atomic E-state index is 14.0. The number of nitrogens with zero attached hydrogens (tertiary/aromatic N) is 2. The van der Waals surface area contributed by atoms with E-state index in [1.165, 1.54) is 24.1 Å². The molecule has 3 aromatic rings. The molecule has 0 aliphatic rings. The number of aryl methyl sites for hydroxylation is 1. The fourth-order valence-corrected chi connectivity index (χ4v) is 5.52. The Morgan fingerprint density at radius 2 is 1.51 bits per heavy atom. The molecule has 0 aromatic heterocycles. The van der Waals surface area contributed by atoms with Gasteiger partial charge in [0.2, 0.25) is 11.8 Å². The van der Waals surface area contributed by atoms with E-state index in [1.807, 2.05) is 27.7 Å². The first-order valence-electron chi connectivity index (χ1n) is 13.2. The summed E-state index contributed by atoms with van der Waals surface area (Å²) in [5.41, 5.74) is 1.39. The van der Waals surface area contributed by atoms with Crippen LogP contribution >= 0.6 is 0 Å². The summed E-state index contributed by atoms with van der Waals surface area (Å²) in [6.07, 6.45) is 0. The molecule has 1 N–H and O–H groups in total. The zero-order valence-corrected chi connectivity index (χ0v) is 25.5. The lowest BCUT2D eigenvalue weighted by Gasteiger charge is -2.33. The third-order valence-corrected chi connectivity index (χ3v) is 8.19. The number of nitrogens with one attached hydrogen (secondary N) is 1. The molecule has 220 valence electrons. The number of benzene rings is 3. The molecule has 0 spiro atoms. The Bertz CT molecular complexity index is 1450. The standard InChI is InChI=1S/C31H39N3O6S/c1-22-11-17-28(18-12-22)41(37,38)34(25-9-8-10-27(19-25)40-7)21-29(35)33(23(2)30(36)32-31(3,4)5)20-24-13-15-26(39-6)16-14-24/h8-19,23H,20-21H2,1-7H3,(H,32,36). The summed E-state index contributed by atoms with van der Waals surface area (Å²) in [5, 5.41) is 2.92. The lowest BCUT2D eigenvalue weighted by atomic mass is 10.1. The van der Waals surface area contributed by atoms with Gasteiger partial charge in [0, 0.05) is 18.2 Å². The summed E-state index contributed by atoms with van der Waals surface area (Å²) in [6, 6.07) is 19.2. The normalized spacial score (nSPS) is 12.3. The van der Waals surface area contributed by atoms with Crippen molar-refractivity contribution < 1.29 is 27.5 Å². The SMILES string of the molecule is COc1ccc(CN(C(=O)CN(c2cccc(OC)c2)S(=O)(=O)c2ccc(C)cc2)C(C)C(=O)NC(C)(C)C)cc1. The van der Waals surface area contributed by atoms with Crippen molar-refractivity contribution in [1.29, 1.82) is 0 Å². The average molecular weight is 582 g/mol. The van der Waals surface area contributed by atoms with Crippen LogP contribution in [0, 0.1) is 6.92 Å². The molecule has 1 unspecified atom stereocenters. The molecule has 0 radical (unpaired) electrons. The van der Waals surface area contributed by atoms with Crippen molar-refractivity contribution >= 4 is 27.5 Å². The third kappa shape index (κ3) is 8.23. The first kappa shape index (κ1) is 31.5. The topological polar surface area (TPSA) is 105 Å². The van der Waals surface area contributed by atoms with E-state index in [0.717, 1.165) is 15.4 Å². The van der Waals surface area contributed by atoms with Crippen molar-refractivity contribution in [3.63, 3.8) is 0 Å². The zero-order valence-electron chi connectivity index (χ0n) is 24.7. The van der Waals surface area contributed by atoms with Crippen LogP contribution in [-0.4, -0.2) is 57.5 Å². The van der Waals surface area contributed by atoms with E-state index in [1.54, 1.807) is 74.7 Å². The van der Waals surface area contributed by atoms with Gasteiger partial charge in [-0.2, -0.15) is 0 Å². The maximum absolute atomic E-state index is 14.0. The first-order valence-corrected chi connectivity index (χ1v) is 14.7. The minimum Gasteiger partial charge on any atom is -0.497 e.